The third kappa shape index (κ3) is 3.31. The molecule has 1 heterocycles. The first-order valence-corrected chi connectivity index (χ1v) is 7.66. The number of para-hydroxylation sites is 1. The molecule has 1 atom stereocenters. The van der Waals surface area contributed by atoms with Crippen LogP contribution >= 0.6 is 23.8 Å². The molecule has 0 aliphatic carbocycles. The lowest BCUT2D eigenvalue weighted by atomic mass is 10.0. The molecule has 2 aromatic rings. The highest BCUT2D eigenvalue weighted by Crippen LogP contribution is 2.31. The van der Waals surface area contributed by atoms with Gasteiger partial charge in [-0.05, 0) is 36.5 Å². The maximum absolute atomic E-state index is 13.2. The quantitative estimate of drug-likeness (QED) is 0.802. The molecule has 0 amide bonds. The number of thiocarbonyl (C=S) groups is 1. The van der Waals surface area contributed by atoms with Crippen molar-refractivity contribution in [2.45, 2.75) is 12.5 Å². The minimum Gasteiger partial charge on any atom is -0.493 e. The lowest BCUT2D eigenvalue weighted by Gasteiger charge is -2.27. The minimum atomic E-state index is -0.454. The van der Waals surface area contributed by atoms with Crippen molar-refractivity contribution in [1.82, 2.24) is 5.32 Å². The summed E-state index contributed by atoms with van der Waals surface area (Å²) in [5, 5.41) is 6.80. The monoisotopic (exact) mass is 336 g/mol. The van der Waals surface area contributed by atoms with Gasteiger partial charge in [0, 0.05) is 17.7 Å². The van der Waals surface area contributed by atoms with Gasteiger partial charge in [0.15, 0.2) is 5.11 Å². The third-order valence-electron chi connectivity index (χ3n) is 3.44. The van der Waals surface area contributed by atoms with E-state index < -0.39 is 5.82 Å². The highest BCUT2D eigenvalue weighted by Gasteiger charge is 2.21. The van der Waals surface area contributed by atoms with Gasteiger partial charge >= 0.3 is 0 Å². The summed E-state index contributed by atoms with van der Waals surface area (Å²) in [4.78, 5) is 0. The molecule has 22 heavy (non-hydrogen) atoms. The van der Waals surface area contributed by atoms with Crippen LogP contribution in [0.4, 0.5) is 10.1 Å². The first-order valence-electron chi connectivity index (χ1n) is 6.88. The van der Waals surface area contributed by atoms with Crippen LogP contribution in [0.25, 0.3) is 0 Å². The number of hydrogen-bond acceptors (Lipinski definition) is 2. The van der Waals surface area contributed by atoms with Crippen molar-refractivity contribution in [3.63, 3.8) is 0 Å². The summed E-state index contributed by atoms with van der Waals surface area (Å²) in [5.41, 5.74) is 1.72. The van der Waals surface area contributed by atoms with Crippen LogP contribution in [0.2, 0.25) is 5.02 Å². The van der Waals surface area contributed by atoms with Crippen LogP contribution < -0.4 is 15.4 Å². The van der Waals surface area contributed by atoms with Crippen molar-refractivity contribution in [1.29, 1.82) is 0 Å². The van der Waals surface area contributed by atoms with Crippen LogP contribution in [0.15, 0.2) is 42.5 Å². The van der Waals surface area contributed by atoms with Crippen molar-refractivity contribution < 1.29 is 9.13 Å². The minimum absolute atomic E-state index is 0.0595. The molecule has 3 rings (SSSR count). The van der Waals surface area contributed by atoms with E-state index in [4.69, 9.17) is 28.6 Å². The molecule has 0 aromatic heterocycles. The molecule has 2 N–H and O–H groups in total. The van der Waals surface area contributed by atoms with E-state index in [1.54, 1.807) is 6.07 Å². The van der Waals surface area contributed by atoms with E-state index in [-0.39, 0.29) is 11.1 Å². The van der Waals surface area contributed by atoms with Gasteiger partial charge in [-0.3, -0.25) is 0 Å². The van der Waals surface area contributed by atoms with Crippen LogP contribution in [0.3, 0.4) is 0 Å². The summed E-state index contributed by atoms with van der Waals surface area (Å²) in [6, 6.07) is 12.4. The number of ether oxygens (including phenoxy) is 1. The first kappa shape index (κ1) is 15.1. The van der Waals surface area contributed by atoms with Crippen LogP contribution in [0, 0.1) is 5.82 Å². The molecule has 0 unspecified atom stereocenters. The molecule has 0 saturated carbocycles. The number of anilines is 1. The van der Waals surface area contributed by atoms with Gasteiger partial charge in [0.2, 0.25) is 0 Å². The smallest absolute Gasteiger partial charge is 0.171 e. The summed E-state index contributed by atoms with van der Waals surface area (Å²) in [5.74, 6) is 0.420. The van der Waals surface area contributed by atoms with Crippen LogP contribution in [-0.2, 0) is 0 Å². The Hall–Kier alpha value is -1.85. The molecule has 0 radical (unpaired) electrons. The lowest BCUT2D eigenvalue weighted by Crippen LogP contribution is -2.35. The average Bonchev–Trinajstić information content (AvgIpc) is 2.51. The van der Waals surface area contributed by atoms with Crippen molar-refractivity contribution >= 4 is 34.6 Å². The second-order valence-electron chi connectivity index (χ2n) is 4.95. The van der Waals surface area contributed by atoms with E-state index in [1.807, 2.05) is 24.3 Å². The SMILES string of the molecule is Fc1ccc(NC(=S)N[C@H]2CCOc3ccccc32)cc1Cl. The fraction of sp³-hybridized carbons (Fsp3) is 0.188. The van der Waals surface area contributed by atoms with E-state index in [0.29, 0.717) is 17.4 Å². The Morgan fingerprint density at radius 3 is 2.91 bits per heavy atom. The zero-order valence-corrected chi connectivity index (χ0v) is 13.2. The fourth-order valence-electron chi connectivity index (χ4n) is 2.39. The summed E-state index contributed by atoms with van der Waals surface area (Å²) < 4.78 is 18.8. The highest BCUT2D eigenvalue weighted by atomic mass is 35.5. The third-order valence-corrected chi connectivity index (χ3v) is 3.95. The molecule has 1 aliphatic heterocycles. The molecule has 6 heteroatoms. The van der Waals surface area contributed by atoms with Gasteiger partial charge < -0.3 is 15.4 Å². The Labute approximate surface area is 138 Å². The predicted octanol–water partition coefficient (Wildman–Crippen LogP) is 4.29. The van der Waals surface area contributed by atoms with Gasteiger partial charge in [0.05, 0.1) is 17.7 Å². The van der Waals surface area contributed by atoms with Gasteiger partial charge in [-0.2, -0.15) is 0 Å². The Bertz CT molecular complexity index is 710. The van der Waals surface area contributed by atoms with Gasteiger partial charge in [-0.25, -0.2) is 4.39 Å². The predicted molar refractivity (Wildman–Crippen MR) is 90.1 cm³/mol. The van der Waals surface area contributed by atoms with Gasteiger partial charge in [-0.15, -0.1) is 0 Å². The first-order chi connectivity index (χ1) is 10.6. The molecule has 3 nitrogen and oxygen atoms in total. The second-order valence-corrected chi connectivity index (χ2v) is 5.77. The Morgan fingerprint density at radius 1 is 1.27 bits per heavy atom. The lowest BCUT2D eigenvalue weighted by molar-refractivity contribution is 0.262. The molecular weight excluding hydrogens is 323 g/mol. The Kier molecular flexibility index (Phi) is 4.45. The zero-order chi connectivity index (χ0) is 15.5. The number of fused-ring (bicyclic) bond motifs is 1. The highest BCUT2D eigenvalue weighted by molar-refractivity contribution is 7.80. The summed E-state index contributed by atoms with van der Waals surface area (Å²) in [6.45, 7) is 0.639. The number of benzene rings is 2. The van der Waals surface area contributed by atoms with E-state index in [0.717, 1.165) is 17.7 Å². The second kappa shape index (κ2) is 6.50. The summed E-state index contributed by atoms with van der Waals surface area (Å²) >= 11 is 11.1. The van der Waals surface area contributed by atoms with E-state index in [9.17, 15) is 4.39 Å². The zero-order valence-electron chi connectivity index (χ0n) is 11.6. The summed E-state index contributed by atoms with van der Waals surface area (Å²) in [7, 11) is 0. The van der Waals surface area contributed by atoms with Crippen molar-refractivity contribution in [2.24, 2.45) is 0 Å². The standard InChI is InChI=1S/C16H14ClFN2OS/c17-12-9-10(5-6-13(12)18)19-16(22)20-14-7-8-21-15-4-2-1-3-11(14)15/h1-6,9,14H,7-8H2,(H2,19,20,22)/t14-/m0/s1. The van der Waals surface area contributed by atoms with Gasteiger partial charge in [0.1, 0.15) is 11.6 Å². The van der Waals surface area contributed by atoms with Crippen molar-refractivity contribution in [2.75, 3.05) is 11.9 Å². The maximum atomic E-state index is 13.2. The van der Waals surface area contributed by atoms with Gasteiger partial charge in [-0.1, -0.05) is 29.8 Å². The van der Waals surface area contributed by atoms with Crippen LogP contribution in [0.5, 0.6) is 5.75 Å². The number of rotatable bonds is 2. The Balaban J connectivity index is 1.69. The number of halogens is 2. The molecule has 114 valence electrons. The molecule has 0 spiro atoms. The average molecular weight is 337 g/mol. The Morgan fingerprint density at radius 2 is 2.09 bits per heavy atom. The van der Waals surface area contributed by atoms with E-state index in [2.05, 4.69) is 10.6 Å². The molecule has 0 saturated heterocycles. The molecule has 0 fully saturated rings. The molecule has 1 aliphatic rings. The molecule has 2 aromatic carbocycles. The summed E-state index contributed by atoms with van der Waals surface area (Å²) in [6.07, 6.45) is 0.822. The molecular formula is C16H14ClFN2OS. The maximum Gasteiger partial charge on any atom is 0.171 e. The topological polar surface area (TPSA) is 33.3 Å². The normalized spacial score (nSPS) is 16.4. The number of nitrogens with one attached hydrogen (secondary N) is 2. The van der Waals surface area contributed by atoms with Crippen molar-refractivity contribution in [3.05, 3.63) is 58.9 Å². The molecule has 0 bridgehead atoms. The fourth-order valence-corrected chi connectivity index (χ4v) is 2.83. The van der Waals surface area contributed by atoms with E-state index >= 15 is 0 Å². The van der Waals surface area contributed by atoms with Crippen LogP contribution in [-0.4, -0.2) is 11.7 Å². The van der Waals surface area contributed by atoms with E-state index in [1.165, 1.54) is 12.1 Å². The van der Waals surface area contributed by atoms with Gasteiger partial charge in [0.25, 0.3) is 0 Å². The van der Waals surface area contributed by atoms with Crippen LogP contribution in [0.1, 0.15) is 18.0 Å². The van der Waals surface area contributed by atoms with Crippen molar-refractivity contribution in [3.8, 4) is 5.75 Å². The number of hydrogen-bond donors (Lipinski definition) is 2. The largest absolute Gasteiger partial charge is 0.493 e.